The molecule has 24 heavy (non-hydrogen) atoms. The zero-order chi connectivity index (χ0) is 17.4. The standard InChI is InChI=1S/C18H20ClFN2O2/c1-22(10-11-24-17-8-4-15(19)5-9-17)13-18(23)21-12-14-2-6-16(20)7-3-14/h2-9H,10-13H2,1H3,(H,21,23)/p+1. The van der Waals surface area contributed by atoms with Crippen LogP contribution in [0.1, 0.15) is 5.56 Å². The molecule has 0 aromatic heterocycles. The van der Waals surface area contributed by atoms with Crippen molar-refractivity contribution in [3.05, 3.63) is 64.9 Å². The fourth-order valence-electron chi connectivity index (χ4n) is 2.10. The smallest absolute Gasteiger partial charge is 0.275 e. The molecule has 0 aliphatic heterocycles. The van der Waals surface area contributed by atoms with Gasteiger partial charge in [-0.05, 0) is 42.0 Å². The van der Waals surface area contributed by atoms with Crippen LogP contribution < -0.4 is 15.0 Å². The van der Waals surface area contributed by atoms with Gasteiger partial charge in [-0.15, -0.1) is 0 Å². The maximum absolute atomic E-state index is 12.8. The van der Waals surface area contributed by atoms with Crippen molar-refractivity contribution < 1.29 is 18.8 Å². The summed E-state index contributed by atoms with van der Waals surface area (Å²) in [5.41, 5.74) is 0.869. The minimum atomic E-state index is -0.282. The van der Waals surface area contributed by atoms with Crippen molar-refractivity contribution in [2.24, 2.45) is 0 Å². The minimum Gasteiger partial charge on any atom is -0.488 e. The van der Waals surface area contributed by atoms with Crippen LogP contribution in [-0.2, 0) is 11.3 Å². The molecule has 2 rings (SSSR count). The second-order valence-corrected chi connectivity index (χ2v) is 6.03. The average molecular weight is 352 g/mol. The number of carbonyl (C=O) groups excluding carboxylic acids is 1. The zero-order valence-corrected chi connectivity index (χ0v) is 14.3. The topological polar surface area (TPSA) is 42.8 Å². The molecule has 6 heteroatoms. The molecule has 0 aliphatic carbocycles. The van der Waals surface area contributed by atoms with Crippen LogP contribution in [0.4, 0.5) is 4.39 Å². The van der Waals surface area contributed by atoms with Crippen molar-refractivity contribution in [3.8, 4) is 5.75 Å². The van der Waals surface area contributed by atoms with Crippen molar-refractivity contribution in [1.29, 1.82) is 0 Å². The van der Waals surface area contributed by atoms with Gasteiger partial charge < -0.3 is 15.0 Å². The molecule has 1 atom stereocenters. The van der Waals surface area contributed by atoms with Crippen LogP contribution in [0.2, 0.25) is 5.02 Å². The van der Waals surface area contributed by atoms with E-state index >= 15 is 0 Å². The van der Waals surface area contributed by atoms with Gasteiger partial charge in [0.15, 0.2) is 6.54 Å². The Morgan fingerprint density at radius 2 is 1.83 bits per heavy atom. The molecule has 2 aromatic carbocycles. The Bertz CT molecular complexity index is 647. The predicted molar refractivity (Wildman–Crippen MR) is 91.8 cm³/mol. The maximum atomic E-state index is 12.8. The van der Waals surface area contributed by atoms with E-state index in [2.05, 4.69) is 5.32 Å². The highest BCUT2D eigenvalue weighted by molar-refractivity contribution is 6.30. The second-order valence-electron chi connectivity index (χ2n) is 5.59. The summed E-state index contributed by atoms with van der Waals surface area (Å²) < 4.78 is 18.4. The lowest BCUT2D eigenvalue weighted by Gasteiger charge is -2.14. The van der Waals surface area contributed by atoms with Gasteiger partial charge in [0.05, 0.1) is 7.05 Å². The van der Waals surface area contributed by atoms with Crippen LogP contribution in [0.15, 0.2) is 48.5 Å². The number of hydrogen-bond donors (Lipinski definition) is 2. The molecule has 2 aromatic rings. The number of halogens is 2. The third-order valence-corrected chi connectivity index (χ3v) is 3.73. The Balaban J connectivity index is 1.64. The maximum Gasteiger partial charge on any atom is 0.275 e. The van der Waals surface area contributed by atoms with Crippen molar-refractivity contribution >= 4 is 17.5 Å². The van der Waals surface area contributed by atoms with Gasteiger partial charge in [0.25, 0.3) is 5.91 Å². The fraction of sp³-hybridized carbons (Fsp3) is 0.278. The quantitative estimate of drug-likeness (QED) is 0.760. The van der Waals surface area contributed by atoms with Crippen molar-refractivity contribution in [1.82, 2.24) is 5.32 Å². The monoisotopic (exact) mass is 351 g/mol. The summed E-state index contributed by atoms with van der Waals surface area (Å²) in [5.74, 6) is 0.422. The third kappa shape index (κ3) is 6.56. The van der Waals surface area contributed by atoms with E-state index in [1.807, 2.05) is 19.2 Å². The number of benzene rings is 2. The lowest BCUT2D eigenvalue weighted by Crippen LogP contribution is -3.10. The van der Waals surface area contributed by atoms with Crippen LogP contribution >= 0.6 is 11.6 Å². The number of carbonyl (C=O) groups is 1. The van der Waals surface area contributed by atoms with Crippen LogP contribution in [-0.4, -0.2) is 32.7 Å². The molecule has 2 N–H and O–H groups in total. The van der Waals surface area contributed by atoms with Crippen LogP contribution in [0, 0.1) is 5.82 Å². The molecule has 1 unspecified atom stereocenters. The van der Waals surface area contributed by atoms with Crippen LogP contribution in [0.3, 0.4) is 0 Å². The number of quaternary nitrogens is 1. The Hall–Kier alpha value is -2.11. The Morgan fingerprint density at radius 1 is 1.17 bits per heavy atom. The highest BCUT2D eigenvalue weighted by Gasteiger charge is 2.09. The van der Waals surface area contributed by atoms with Crippen LogP contribution in [0.5, 0.6) is 5.75 Å². The number of hydrogen-bond acceptors (Lipinski definition) is 2. The fourth-order valence-corrected chi connectivity index (χ4v) is 2.23. The molecular weight excluding hydrogens is 331 g/mol. The molecule has 0 radical (unpaired) electrons. The molecule has 0 fully saturated rings. The Labute approximate surface area is 146 Å². The van der Waals surface area contributed by atoms with E-state index in [4.69, 9.17) is 16.3 Å². The minimum absolute atomic E-state index is 0.0525. The Kier molecular flexibility index (Phi) is 7.03. The summed E-state index contributed by atoms with van der Waals surface area (Å²) in [7, 11) is 1.93. The molecule has 0 saturated carbocycles. The molecule has 0 saturated heterocycles. The van der Waals surface area contributed by atoms with E-state index < -0.39 is 0 Å². The van der Waals surface area contributed by atoms with Gasteiger partial charge in [0, 0.05) is 11.6 Å². The molecule has 1 amide bonds. The van der Waals surface area contributed by atoms with Gasteiger partial charge in [-0.25, -0.2) is 4.39 Å². The van der Waals surface area contributed by atoms with E-state index in [0.717, 1.165) is 16.2 Å². The molecule has 4 nitrogen and oxygen atoms in total. The van der Waals surface area contributed by atoms with Gasteiger partial charge in [0.2, 0.25) is 0 Å². The molecule has 0 bridgehead atoms. The molecular formula is C18H21ClFN2O2+. The van der Waals surface area contributed by atoms with E-state index in [9.17, 15) is 9.18 Å². The summed E-state index contributed by atoms with van der Waals surface area (Å²) >= 11 is 5.81. The van der Waals surface area contributed by atoms with Crippen molar-refractivity contribution in [2.75, 3.05) is 26.7 Å². The van der Waals surface area contributed by atoms with Crippen molar-refractivity contribution in [3.63, 3.8) is 0 Å². The summed E-state index contributed by atoms with van der Waals surface area (Å²) in [5, 5.41) is 3.50. The molecule has 0 spiro atoms. The number of nitrogens with one attached hydrogen (secondary N) is 2. The predicted octanol–water partition coefficient (Wildman–Crippen LogP) is 1.69. The third-order valence-electron chi connectivity index (χ3n) is 3.48. The summed E-state index contributed by atoms with van der Waals surface area (Å²) in [6, 6.07) is 13.3. The van der Waals surface area contributed by atoms with Gasteiger partial charge in [-0.3, -0.25) is 4.79 Å². The molecule has 128 valence electrons. The van der Waals surface area contributed by atoms with E-state index in [0.29, 0.717) is 31.3 Å². The van der Waals surface area contributed by atoms with Gasteiger partial charge in [-0.1, -0.05) is 23.7 Å². The zero-order valence-electron chi connectivity index (χ0n) is 13.5. The first-order valence-corrected chi connectivity index (χ1v) is 8.11. The number of amides is 1. The number of rotatable bonds is 8. The lowest BCUT2D eigenvalue weighted by atomic mass is 10.2. The van der Waals surface area contributed by atoms with Gasteiger partial charge >= 0.3 is 0 Å². The Morgan fingerprint density at radius 3 is 2.50 bits per heavy atom. The summed E-state index contributed by atoms with van der Waals surface area (Å²) in [4.78, 5) is 12.9. The number of likely N-dealkylation sites (N-methyl/N-ethyl adjacent to an activating group) is 1. The van der Waals surface area contributed by atoms with Gasteiger partial charge in [-0.2, -0.15) is 0 Å². The average Bonchev–Trinajstić information content (AvgIpc) is 2.56. The SMILES string of the molecule is C[NH+](CCOc1ccc(Cl)cc1)CC(=O)NCc1ccc(F)cc1. The first-order chi connectivity index (χ1) is 11.5. The van der Waals surface area contributed by atoms with Gasteiger partial charge in [0.1, 0.15) is 24.7 Å². The highest BCUT2D eigenvalue weighted by atomic mass is 35.5. The first kappa shape index (κ1) is 18.2. The number of ether oxygens (including phenoxy) is 1. The van der Waals surface area contributed by atoms with E-state index in [1.54, 1.807) is 24.3 Å². The normalized spacial score (nSPS) is 11.8. The van der Waals surface area contributed by atoms with E-state index in [-0.39, 0.29) is 11.7 Å². The van der Waals surface area contributed by atoms with E-state index in [1.165, 1.54) is 12.1 Å². The summed E-state index contributed by atoms with van der Waals surface area (Å²) in [6.45, 7) is 1.96. The molecule has 0 heterocycles. The highest BCUT2D eigenvalue weighted by Crippen LogP contribution is 2.14. The first-order valence-electron chi connectivity index (χ1n) is 7.74. The largest absolute Gasteiger partial charge is 0.488 e. The van der Waals surface area contributed by atoms with Crippen LogP contribution in [0.25, 0.3) is 0 Å². The lowest BCUT2D eigenvalue weighted by molar-refractivity contribution is -0.871. The summed E-state index contributed by atoms with van der Waals surface area (Å²) in [6.07, 6.45) is 0. The molecule has 0 aliphatic rings. The second kappa shape index (κ2) is 9.25. The van der Waals surface area contributed by atoms with Crippen molar-refractivity contribution in [2.45, 2.75) is 6.54 Å².